The average molecular weight is 333 g/mol. The maximum Gasteiger partial charge on any atom is 0.270 e. The summed E-state index contributed by atoms with van der Waals surface area (Å²) in [6.07, 6.45) is 0. The standard InChI is InChI=1S/C21H23N3O/c1-15-8-9-19-18(14-15)16(2)20(22-19)21(25)24-12-10-23(11-13-24)17-6-4-3-5-7-17/h3-9,14,22H,10-13H2,1-2H3. The Balaban J connectivity index is 1.52. The fraction of sp³-hybridized carbons (Fsp3) is 0.286. The van der Waals surface area contributed by atoms with E-state index in [1.807, 2.05) is 17.9 Å². The van der Waals surface area contributed by atoms with Crippen LogP contribution in [-0.4, -0.2) is 42.0 Å². The number of nitrogens with one attached hydrogen (secondary N) is 1. The number of anilines is 1. The van der Waals surface area contributed by atoms with E-state index in [1.165, 1.54) is 11.3 Å². The molecule has 4 heteroatoms. The van der Waals surface area contributed by atoms with Crippen molar-refractivity contribution in [3.05, 3.63) is 65.4 Å². The predicted octanol–water partition coefficient (Wildman–Crippen LogP) is 3.75. The van der Waals surface area contributed by atoms with Gasteiger partial charge in [0.25, 0.3) is 5.91 Å². The van der Waals surface area contributed by atoms with Gasteiger partial charge >= 0.3 is 0 Å². The minimum Gasteiger partial charge on any atom is -0.368 e. The molecule has 1 aliphatic heterocycles. The number of carbonyl (C=O) groups is 1. The number of H-pyrrole nitrogens is 1. The predicted molar refractivity (Wildman–Crippen MR) is 102 cm³/mol. The second-order valence-electron chi connectivity index (χ2n) is 6.79. The van der Waals surface area contributed by atoms with Crippen LogP contribution in [0.5, 0.6) is 0 Å². The number of para-hydroxylation sites is 1. The van der Waals surface area contributed by atoms with Gasteiger partial charge in [0.15, 0.2) is 0 Å². The number of aromatic amines is 1. The Bertz CT molecular complexity index is 906. The van der Waals surface area contributed by atoms with Gasteiger partial charge in [-0.3, -0.25) is 4.79 Å². The maximum absolute atomic E-state index is 13.0. The van der Waals surface area contributed by atoms with Crippen molar-refractivity contribution in [1.82, 2.24) is 9.88 Å². The largest absolute Gasteiger partial charge is 0.368 e. The fourth-order valence-electron chi connectivity index (χ4n) is 3.62. The molecular formula is C21H23N3O. The van der Waals surface area contributed by atoms with Crippen LogP contribution < -0.4 is 4.90 Å². The summed E-state index contributed by atoms with van der Waals surface area (Å²) >= 11 is 0. The van der Waals surface area contributed by atoms with Gasteiger partial charge in [0.1, 0.15) is 5.69 Å². The van der Waals surface area contributed by atoms with Gasteiger partial charge in [-0.2, -0.15) is 0 Å². The summed E-state index contributed by atoms with van der Waals surface area (Å²) in [4.78, 5) is 20.6. The lowest BCUT2D eigenvalue weighted by atomic mass is 10.1. The molecule has 1 aliphatic rings. The van der Waals surface area contributed by atoms with Gasteiger partial charge in [-0.1, -0.05) is 29.8 Å². The molecular weight excluding hydrogens is 310 g/mol. The van der Waals surface area contributed by atoms with Gasteiger partial charge in [0.05, 0.1) is 0 Å². The average Bonchev–Trinajstić information content (AvgIpc) is 2.98. The van der Waals surface area contributed by atoms with Gasteiger partial charge in [-0.05, 0) is 43.7 Å². The van der Waals surface area contributed by atoms with Crippen LogP contribution in [0.15, 0.2) is 48.5 Å². The first-order valence-electron chi connectivity index (χ1n) is 8.81. The topological polar surface area (TPSA) is 39.3 Å². The zero-order valence-electron chi connectivity index (χ0n) is 14.7. The van der Waals surface area contributed by atoms with Crippen LogP contribution >= 0.6 is 0 Å². The van der Waals surface area contributed by atoms with E-state index in [9.17, 15) is 4.79 Å². The number of carbonyl (C=O) groups excluding carboxylic acids is 1. The molecule has 1 amide bonds. The summed E-state index contributed by atoms with van der Waals surface area (Å²) < 4.78 is 0. The van der Waals surface area contributed by atoms with Crippen molar-refractivity contribution in [2.45, 2.75) is 13.8 Å². The zero-order valence-corrected chi connectivity index (χ0v) is 14.7. The highest BCUT2D eigenvalue weighted by Gasteiger charge is 2.25. The van der Waals surface area contributed by atoms with E-state index in [0.717, 1.165) is 48.3 Å². The molecule has 0 saturated carbocycles. The Hall–Kier alpha value is -2.75. The summed E-state index contributed by atoms with van der Waals surface area (Å²) in [5.41, 5.74) is 5.26. The van der Waals surface area contributed by atoms with E-state index in [2.05, 4.69) is 59.3 Å². The van der Waals surface area contributed by atoms with Crippen molar-refractivity contribution in [2.24, 2.45) is 0 Å². The first-order chi connectivity index (χ1) is 12.1. The van der Waals surface area contributed by atoms with Crippen molar-refractivity contribution in [2.75, 3.05) is 31.1 Å². The SMILES string of the molecule is Cc1ccc2[nH]c(C(=O)N3CCN(c4ccccc4)CC3)c(C)c2c1. The van der Waals surface area contributed by atoms with Gasteiger partial charge in [0, 0.05) is 42.8 Å². The second kappa shape index (κ2) is 6.28. The van der Waals surface area contributed by atoms with E-state index in [-0.39, 0.29) is 5.91 Å². The summed E-state index contributed by atoms with van der Waals surface area (Å²) in [6.45, 7) is 7.35. The highest BCUT2D eigenvalue weighted by atomic mass is 16.2. The highest BCUT2D eigenvalue weighted by Crippen LogP contribution is 2.24. The van der Waals surface area contributed by atoms with E-state index in [0.29, 0.717) is 0 Å². The van der Waals surface area contributed by atoms with E-state index >= 15 is 0 Å². The van der Waals surface area contributed by atoms with Crippen LogP contribution in [-0.2, 0) is 0 Å². The van der Waals surface area contributed by atoms with Crippen molar-refractivity contribution in [1.29, 1.82) is 0 Å². The number of rotatable bonds is 2. The Morgan fingerprint density at radius 3 is 2.40 bits per heavy atom. The molecule has 2 aromatic carbocycles. The van der Waals surface area contributed by atoms with Crippen LogP contribution in [0.25, 0.3) is 10.9 Å². The molecule has 0 atom stereocenters. The lowest BCUT2D eigenvalue weighted by Crippen LogP contribution is -2.49. The molecule has 1 saturated heterocycles. The Labute approximate surface area is 148 Å². The summed E-state index contributed by atoms with van der Waals surface area (Å²) in [7, 11) is 0. The Morgan fingerprint density at radius 1 is 0.960 bits per heavy atom. The quantitative estimate of drug-likeness (QED) is 0.776. The van der Waals surface area contributed by atoms with Crippen LogP contribution in [0.2, 0.25) is 0 Å². The van der Waals surface area contributed by atoms with Crippen LogP contribution in [0, 0.1) is 13.8 Å². The number of benzene rings is 2. The molecule has 0 radical (unpaired) electrons. The van der Waals surface area contributed by atoms with Crippen molar-refractivity contribution in [3.63, 3.8) is 0 Å². The lowest BCUT2D eigenvalue weighted by molar-refractivity contribution is 0.0741. The monoisotopic (exact) mass is 333 g/mol. The minimum atomic E-state index is 0.110. The number of fused-ring (bicyclic) bond motifs is 1. The summed E-state index contributed by atoms with van der Waals surface area (Å²) in [5.74, 6) is 0.110. The molecule has 25 heavy (non-hydrogen) atoms. The molecule has 4 nitrogen and oxygen atoms in total. The van der Waals surface area contributed by atoms with Crippen molar-refractivity contribution >= 4 is 22.5 Å². The van der Waals surface area contributed by atoms with Crippen LogP contribution in [0.1, 0.15) is 21.6 Å². The third-order valence-electron chi connectivity index (χ3n) is 5.12. The molecule has 4 rings (SSSR count). The number of nitrogens with zero attached hydrogens (tertiary/aromatic N) is 2. The fourth-order valence-corrected chi connectivity index (χ4v) is 3.62. The smallest absolute Gasteiger partial charge is 0.270 e. The number of piperazine rings is 1. The van der Waals surface area contributed by atoms with Crippen molar-refractivity contribution < 1.29 is 4.79 Å². The molecule has 1 fully saturated rings. The molecule has 0 aliphatic carbocycles. The summed E-state index contributed by atoms with van der Waals surface area (Å²) in [6, 6.07) is 16.7. The van der Waals surface area contributed by atoms with E-state index in [4.69, 9.17) is 0 Å². The normalized spacial score (nSPS) is 15.0. The zero-order chi connectivity index (χ0) is 17.4. The third kappa shape index (κ3) is 2.88. The summed E-state index contributed by atoms with van der Waals surface area (Å²) in [5, 5.41) is 1.14. The lowest BCUT2D eigenvalue weighted by Gasteiger charge is -2.36. The molecule has 0 unspecified atom stereocenters. The maximum atomic E-state index is 13.0. The van der Waals surface area contributed by atoms with E-state index in [1.54, 1.807) is 0 Å². The van der Waals surface area contributed by atoms with E-state index < -0.39 is 0 Å². The van der Waals surface area contributed by atoms with Gasteiger partial charge in [0.2, 0.25) is 0 Å². The first kappa shape index (κ1) is 15.8. The Kier molecular flexibility index (Phi) is 3.96. The molecule has 1 N–H and O–H groups in total. The highest BCUT2D eigenvalue weighted by molar-refractivity contribution is 6.01. The number of hydrogen-bond donors (Lipinski definition) is 1. The number of aryl methyl sites for hydroxylation is 2. The first-order valence-corrected chi connectivity index (χ1v) is 8.81. The molecule has 0 spiro atoms. The molecule has 128 valence electrons. The van der Waals surface area contributed by atoms with Crippen LogP contribution in [0.3, 0.4) is 0 Å². The third-order valence-corrected chi connectivity index (χ3v) is 5.12. The van der Waals surface area contributed by atoms with Gasteiger partial charge < -0.3 is 14.8 Å². The molecule has 3 aromatic rings. The second-order valence-corrected chi connectivity index (χ2v) is 6.79. The van der Waals surface area contributed by atoms with Gasteiger partial charge in [-0.25, -0.2) is 0 Å². The molecule has 0 bridgehead atoms. The van der Waals surface area contributed by atoms with Crippen molar-refractivity contribution in [3.8, 4) is 0 Å². The minimum absolute atomic E-state index is 0.110. The number of aromatic nitrogens is 1. The molecule has 2 heterocycles. The van der Waals surface area contributed by atoms with Crippen LogP contribution in [0.4, 0.5) is 5.69 Å². The number of amides is 1. The Morgan fingerprint density at radius 2 is 1.68 bits per heavy atom. The number of hydrogen-bond acceptors (Lipinski definition) is 2. The van der Waals surface area contributed by atoms with Gasteiger partial charge in [-0.15, -0.1) is 0 Å². The molecule has 1 aromatic heterocycles.